The molecular weight excluding hydrogens is 307 g/mol. The summed E-state index contributed by atoms with van der Waals surface area (Å²) in [5.74, 6) is -0.372. The van der Waals surface area contributed by atoms with Crippen LogP contribution in [-0.4, -0.2) is 33.7 Å². The minimum atomic E-state index is -3.60. The highest BCUT2D eigenvalue weighted by Crippen LogP contribution is 2.21. The van der Waals surface area contributed by atoms with Crippen molar-refractivity contribution in [1.82, 2.24) is 5.32 Å². The summed E-state index contributed by atoms with van der Waals surface area (Å²) in [5, 5.41) is 2.76. The molecule has 0 atom stereocenters. The lowest BCUT2D eigenvalue weighted by molar-refractivity contribution is -0.121. The lowest BCUT2D eigenvalue weighted by Crippen LogP contribution is -2.33. The number of carbonyl (C=O) groups excluding carboxylic acids is 1. The van der Waals surface area contributed by atoms with Crippen LogP contribution < -0.4 is 9.62 Å². The van der Waals surface area contributed by atoms with E-state index < -0.39 is 15.8 Å². The maximum absolute atomic E-state index is 13.8. The zero-order valence-electron chi connectivity index (χ0n) is 13.2. The molecular formula is C15H23FN2O3S. The van der Waals surface area contributed by atoms with Gasteiger partial charge in [-0.1, -0.05) is 26.0 Å². The number of nitrogens with one attached hydrogen (secondary N) is 1. The van der Waals surface area contributed by atoms with E-state index in [1.54, 1.807) is 6.07 Å². The Morgan fingerprint density at radius 2 is 1.95 bits per heavy atom. The zero-order chi connectivity index (χ0) is 16.8. The van der Waals surface area contributed by atoms with Crippen molar-refractivity contribution in [2.75, 3.05) is 23.7 Å². The van der Waals surface area contributed by atoms with Crippen molar-refractivity contribution < 1.29 is 17.6 Å². The van der Waals surface area contributed by atoms with Crippen LogP contribution in [0.1, 0.15) is 26.7 Å². The van der Waals surface area contributed by atoms with Gasteiger partial charge >= 0.3 is 0 Å². The third kappa shape index (κ3) is 6.01. The summed E-state index contributed by atoms with van der Waals surface area (Å²) in [5.41, 5.74) is 0.00703. The van der Waals surface area contributed by atoms with Gasteiger partial charge in [0.25, 0.3) is 0 Å². The number of para-hydroxylation sites is 1. The number of carbonyl (C=O) groups is 1. The number of anilines is 1. The molecule has 0 unspecified atom stereocenters. The van der Waals surface area contributed by atoms with E-state index in [0.29, 0.717) is 18.9 Å². The maximum Gasteiger partial charge on any atom is 0.232 e. The summed E-state index contributed by atoms with van der Waals surface area (Å²) in [4.78, 5) is 11.6. The molecule has 1 rings (SSSR count). The fourth-order valence-corrected chi connectivity index (χ4v) is 2.87. The number of hydrogen-bond acceptors (Lipinski definition) is 3. The lowest BCUT2D eigenvalue weighted by atomic mass is 10.2. The molecule has 1 aromatic carbocycles. The Bertz CT molecular complexity index is 603. The topological polar surface area (TPSA) is 66.5 Å². The fraction of sp³-hybridized carbons (Fsp3) is 0.533. The molecule has 0 spiro atoms. The number of rotatable bonds is 8. The molecule has 1 N–H and O–H groups in total. The molecule has 0 bridgehead atoms. The first-order chi connectivity index (χ1) is 10.2. The molecule has 22 heavy (non-hydrogen) atoms. The first kappa shape index (κ1) is 18.4. The van der Waals surface area contributed by atoms with E-state index in [0.717, 1.165) is 10.6 Å². The number of benzene rings is 1. The molecule has 1 amide bonds. The van der Waals surface area contributed by atoms with Gasteiger partial charge in [0.2, 0.25) is 15.9 Å². The van der Waals surface area contributed by atoms with E-state index in [1.165, 1.54) is 18.2 Å². The number of amides is 1. The zero-order valence-corrected chi connectivity index (χ0v) is 14.0. The Morgan fingerprint density at radius 3 is 2.50 bits per heavy atom. The predicted molar refractivity (Wildman–Crippen MR) is 85.7 cm³/mol. The summed E-state index contributed by atoms with van der Waals surface area (Å²) >= 11 is 0. The van der Waals surface area contributed by atoms with Crippen molar-refractivity contribution in [3.63, 3.8) is 0 Å². The second-order valence-corrected chi connectivity index (χ2v) is 7.49. The Balaban J connectivity index is 2.66. The summed E-state index contributed by atoms with van der Waals surface area (Å²) < 4.78 is 38.4. The van der Waals surface area contributed by atoms with E-state index in [1.807, 2.05) is 13.8 Å². The molecule has 0 saturated carbocycles. The van der Waals surface area contributed by atoms with Crippen LogP contribution in [0.5, 0.6) is 0 Å². The third-order valence-corrected chi connectivity index (χ3v) is 4.17. The molecule has 0 aliphatic rings. The van der Waals surface area contributed by atoms with Crippen LogP contribution in [0.15, 0.2) is 24.3 Å². The van der Waals surface area contributed by atoms with E-state index in [2.05, 4.69) is 5.32 Å². The highest BCUT2D eigenvalue weighted by molar-refractivity contribution is 7.92. The van der Waals surface area contributed by atoms with Crippen LogP contribution in [0, 0.1) is 11.7 Å². The van der Waals surface area contributed by atoms with Gasteiger partial charge in [-0.25, -0.2) is 12.8 Å². The van der Waals surface area contributed by atoms with Gasteiger partial charge in [0, 0.05) is 19.5 Å². The quantitative estimate of drug-likeness (QED) is 0.794. The standard InChI is InChI=1S/C15H23FN2O3S/c1-12(2)11-17-15(19)9-6-10-18(22(3,20)21)14-8-5-4-7-13(14)16/h4-5,7-8,12H,6,9-11H2,1-3H3,(H,17,19). The van der Waals surface area contributed by atoms with E-state index in [9.17, 15) is 17.6 Å². The van der Waals surface area contributed by atoms with Gasteiger partial charge in [-0.05, 0) is 24.5 Å². The molecule has 7 heteroatoms. The summed E-state index contributed by atoms with van der Waals surface area (Å²) in [6.07, 6.45) is 1.55. The molecule has 0 radical (unpaired) electrons. The average molecular weight is 330 g/mol. The first-order valence-electron chi connectivity index (χ1n) is 7.20. The monoisotopic (exact) mass is 330 g/mol. The molecule has 5 nitrogen and oxygen atoms in total. The van der Waals surface area contributed by atoms with Crippen molar-refractivity contribution in [2.24, 2.45) is 5.92 Å². The molecule has 124 valence electrons. The molecule has 0 heterocycles. The van der Waals surface area contributed by atoms with Gasteiger partial charge in [0.15, 0.2) is 0 Å². The number of hydrogen-bond donors (Lipinski definition) is 1. The molecule has 0 aliphatic heterocycles. The summed E-state index contributed by atoms with van der Waals surface area (Å²) in [7, 11) is -3.60. The van der Waals surface area contributed by atoms with Crippen LogP contribution in [0.4, 0.5) is 10.1 Å². The van der Waals surface area contributed by atoms with Gasteiger partial charge < -0.3 is 5.32 Å². The minimum Gasteiger partial charge on any atom is -0.356 e. The van der Waals surface area contributed by atoms with Gasteiger partial charge in [-0.3, -0.25) is 9.10 Å². The number of sulfonamides is 1. The van der Waals surface area contributed by atoms with Crippen LogP contribution >= 0.6 is 0 Å². The fourth-order valence-electron chi connectivity index (χ4n) is 1.91. The Kier molecular flexibility index (Phi) is 6.80. The van der Waals surface area contributed by atoms with Crippen LogP contribution in [0.2, 0.25) is 0 Å². The lowest BCUT2D eigenvalue weighted by Gasteiger charge is -2.22. The van der Waals surface area contributed by atoms with Gasteiger partial charge in [0.05, 0.1) is 11.9 Å². The van der Waals surface area contributed by atoms with Crippen molar-refractivity contribution >= 4 is 21.6 Å². The normalized spacial score (nSPS) is 11.5. The third-order valence-electron chi connectivity index (χ3n) is 2.99. The van der Waals surface area contributed by atoms with Crippen molar-refractivity contribution in [3.05, 3.63) is 30.1 Å². The predicted octanol–water partition coefficient (Wildman–Crippen LogP) is 2.14. The van der Waals surface area contributed by atoms with Crippen LogP contribution in [-0.2, 0) is 14.8 Å². The summed E-state index contributed by atoms with van der Waals surface area (Å²) in [6.45, 7) is 4.63. The van der Waals surface area contributed by atoms with Gasteiger partial charge in [-0.2, -0.15) is 0 Å². The largest absolute Gasteiger partial charge is 0.356 e. The number of halogens is 1. The van der Waals surface area contributed by atoms with E-state index in [4.69, 9.17) is 0 Å². The van der Waals surface area contributed by atoms with Crippen molar-refractivity contribution in [3.8, 4) is 0 Å². The number of nitrogens with zero attached hydrogens (tertiary/aromatic N) is 1. The Hall–Kier alpha value is -1.63. The van der Waals surface area contributed by atoms with Crippen molar-refractivity contribution in [2.45, 2.75) is 26.7 Å². The van der Waals surface area contributed by atoms with Crippen molar-refractivity contribution in [1.29, 1.82) is 0 Å². The smallest absolute Gasteiger partial charge is 0.232 e. The first-order valence-corrected chi connectivity index (χ1v) is 9.05. The summed E-state index contributed by atoms with van der Waals surface area (Å²) in [6, 6.07) is 5.70. The van der Waals surface area contributed by atoms with E-state index >= 15 is 0 Å². The second-order valence-electron chi connectivity index (χ2n) is 5.59. The molecule has 0 fully saturated rings. The Morgan fingerprint density at radius 1 is 1.32 bits per heavy atom. The second kappa shape index (κ2) is 8.12. The molecule has 0 aromatic heterocycles. The maximum atomic E-state index is 13.8. The highest BCUT2D eigenvalue weighted by atomic mass is 32.2. The van der Waals surface area contributed by atoms with Crippen LogP contribution in [0.25, 0.3) is 0 Å². The van der Waals surface area contributed by atoms with E-state index in [-0.39, 0.29) is 24.6 Å². The Labute approximate surface area is 131 Å². The van der Waals surface area contributed by atoms with Gasteiger partial charge in [0.1, 0.15) is 5.82 Å². The SMILES string of the molecule is CC(C)CNC(=O)CCCN(c1ccccc1F)S(C)(=O)=O. The average Bonchev–Trinajstić information content (AvgIpc) is 2.41. The highest BCUT2D eigenvalue weighted by Gasteiger charge is 2.20. The minimum absolute atomic E-state index is 0.00703. The van der Waals surface area contributed by atoms with Gasteiger partial charge in [-0.15, -0.1) is 0 Å². The molecule has 1 aromatic rings. The molecule has 0 saturated heterocycles. The van der Waals surface area contributed by atoms with Crippen LogP contribution in [0.3, 0.4) is 0 Å². The molecule has 0 aliphatic carbocycles.